The number of carbonyl (C=O) groups excluding carboxylic acids is 1. The van der Waals surface area contributed by atoms with Gasteiger partial charge in [0.15, 0.2) is 0 Å². The Morgan fingerprint density at radius 1 is 1.27 bits per heavy atom. The number of carbonyl (C=O) groups is 1. The molecule has 0 saturated heterocycles. The lowest BCUT2D eigenvalue weighted by atomic mass is 10.2. The summed E-state index contributed by atoms with van der Waals surface area (Å²) < 4.78 is 24.6. The third-order valence-electron chi connectivity index (χ3n) is 2.67. The zero-order valence-corrected chi connectivity index (χ0v) is 13.3. The molecule has 8 heteroatoms. The third-order valence-corrected chi connectivity index (χ3v) is 3.59. The first kappa shape index (κ1) is 16.3. The summed E-state index contributed by atoms with van der Waals surface area (Å²) >= 11 is 6.02. The van der Waals surface area contributed by atoms with Crippen molar-refractivity contribution in [3.63, 3.8) is 0 Å². The first-order valence-corrected chi connectivity index (χ1v) is 8.57. The summed E-state index contributed by atoms with van der Waals surface area (Å²) in [6.45, 7) is 0.277. The number of aromatic nitrogens is 1. The van der Waals surface area contributed by atoms with Gasteiger partial charge < -0.3 is 5.32 Å². The third kappa shape index (κ3) is 4.71. The molecule has 2 rings (SSSR count). The van der Waals surface area contributed by atoms with Crippen molar-refractivity contribution in [2.45, 2.75) is 6.54 Å². The molecule has 1 heterocycles. The van der Waals surface area contributed by atoms with Crippen molar-refractivity contribution in [2.75, 3.05) is 11.0 Å². The van der Waals surface area contributed by atoms with Crippen molar-refractivity contribution >= 4 is 33.2 Å². The molecule has 0 radical (unpaired) electrons. The Balaban J connectivity index is 2.07. The van der Waals surface area contributed by atoms with Crippen molar-refractivity contribution in [1.29, 1.82) is 0 Å². The monoisotopic (exact) mass is 339 g/mol. The highest BCUT2D eigenvalue weighted by Gasteiger charge is 2.12. The Bertz CT molecular complexity index is 779. The van der Waals surface area contributed by atoms with E-state index in [0.717, 1.165) is 11.9 Å². The van der Waals surface area contributed by atoms with Gasteiger partial charge in [0.25, 0.3) is 5.91 Å². The standard InChI is InChI=1S/C14H14ClN3O3S/c1-22(20,21)18-10-5-6-12(13(15)8-10)14(19)17-9-11-4-2-3-7-16-11/h2-8,18H,9H2,1H3,(H,17,19). The summed E-state index contributed by atoms with van der Waals surface area (Å²) in [6.07, 6.45) is 2.68. The Labute approximate surface area is 133 Å². The number of benzene rings is 1. The molecule has 0 saturated carbocycles. The predicted molar refractivity (Wildman–Crippen MR) is 85.3 cm³/mol. The summed E-state index contributed by atoms with van der Waals surface area (Å²) in [5.41, 5.74) is 1.28. The Morgan fingerprint density at radius 2 is 2.05 bits per heavy atom. The quantitative estimate of drug-likeness (QED) is 0.872. The van der Waals surface area contributed by atoms with E-state index in [4.69, 9.17) is 11.6 Å². The molecule has 1 amide bonds. The van der Waals surface area contributed by atoms with Gasteiger partial charge in [-0.25, -0.2) is 8.42 Å². The first-order valence-electron chi connectivity index (χ1n) is 6.30. The molecular formula is C14H14ClN3O3S. The normalized spacial score (nSPS) is 11.0. The van der Waals surface area contributed by atoms with Crippen LogP contribution in [0.5, 0.6) is 0 Å². The Kier molecular flexibility index (Phi) is 4.99. The average molecular weight is 340 g/mol. The van der Waals surface area contributed by atoms with Crippen LogP contribution in [0.3, 0.4) is 0 Å². The van der Waals surface area contributed by atoms with Gasteiger partial charge in [0, 0.05) is 11.9 Å². The van der Waals surface area contributed by atoms with Gasteiger partial charge in [-0.1, -0.05) is 17.7 Å². The number of anilines is 1. The van der Waals surface area contributed by atoms with Gasteiger partial charge in [-0.15, -0.1) is 0 Å². The van der Waals surface area contributed by atoms with Gasteiger partial charge in [-0.3, -0.25) is 14.5 Å². The van der Waals surface area contributed by atoms with Crippen LogP contribution in [0.2, 0.25) is 5.02 Å². The molecule has 2 N–H and O–H groups in total. The number of nitrogens with one attached hydrogen (secondary N) is 2. The number of hydrogen-bond donors (Lipinski definition) is 2. The topological polar surface area (TPSA) is 88.2 Å². The highest BCUT2D eigenvalue weighted by atomic mass is 35.5. The molecule has 1 aromatic heterocycles. The van der Waals surface area contributed by atoms with E-state index in [2.05, 4.69) is 15.0 Å². The van der Waals surface area contributed by atoms with Crippen LogP contribution in [0.1, 0.15) is 16.1 Å². The van der Waals surface area contributed by atoms with Crippen LogP contribution in [0.15, 0.2) is 42.6 Å². The van der Waals surface area contributed by atoms with Crippen LogP contribution >= 0.6 is 11.6 Å². The molecule has 0 aliphatic heterocycles. The molecule has 0 unspecified atom stereocenters. The second kappa shape index (κ2) is 6.76. The predicted octanol–water partition coefficient (Wildman–Crippen LogP) is 2.04. The molecule has 0 aliphatic rings. The van der Waals surface area contributed by atoms with E-state index >= 15 is 0 Å². The molecule has 1 aromatic carbocycles. The van der Waals surface area contributed by atoms with E-state index in [1.165, 1.54) is 18.2 Å². The highest BCUT2D eigenvalue weighted by Crippen LogP contribution is 2.21. The minimum Gasteiger partial charge on any atom is -0.346 e. The van der Waals surface area contributed by atoms with Crippen LogP contribution in [-0.4, -0.2) is 25.6 Å². The Morgan fingerprint density at radius 3 is 2.64 bits per heavy atom. The summed E-state index contributed by atoms with van der Waals surface area (Å²) in [7, 11) is -3.39. The largest absolute Gasteiger partial charge is 0.346 e. The second-order valence-corrected chi connectivity index (χ2v) is 6.73. The van der Waals surface area contributed by atoms with Crippen LogP contribution in [0.4, 0.5) is 5.69 Å². The fourth-order valence-electron chi connectivity index (χ4n) is 1.75. The molecule has 22 heavy (non-hydrogen) atoms. The van der Waals surface area contributed by atoms with Crippen molar-refractivity contribution in [1.82, 2.24) is 10.3 Å². The van der Waals surface area contributed by atoms with Crippen molar-refractivity contribution < 1.29 is 13.2 Å². The van der Waals surface area contributed by atoms with E-state index in [-0.39, 0.29) is 23.0 Å². The van der Waals surface area contributed by atoms with Gasteiger partial charge in [-0.05, 0) is 30.3 Å². The van der Waals surface area contributed by atoms with Gasteiger partial charge in [0.2, 0.25) is 10.0 Å². The number of rotatable bonds is 5. The van der Waals surface area contributed by atoms with Crippen molar-refractivity contribution in [3.8, 4) is 0 Å². The zero-order valence-electron chi connectivity index (χ0n) is 11.7. The molecule has 0 bridgehead atoms. The van der Waals surface area contributed by atoms with Crippen molar-refractivity contribution in [3.05, 3.63) is 58.9 Å². The maximum absolute atomic E-state index is 12.1. The lowest BCUT2D eigenvalue weighted by Crippen LogP contribution is -2.23. The van der Waals surface area contributed by atoms with Gasteiger partial charge in [-0.2, -0.15) is 0 Å². The highest BCUT2D eigenvalue weighted by molar-refractivity contribution is 7.92. The van der Waals surface area contributed by atoms with E-state index < -0.39 is 10.0 Å². The number of pyridine rings is 1. The van der Waals surface area contributed by atoms with Gasteiger partial charge in [0.1, 0.15) is 0 Å². The maximum atomic E-state index is 12.1. The smallest absolute Gasteiger partial charge is 0.253 e. The lowest BCUT2D eigenvalue weighted by Gasteiger charge is -2.09. The number of nitrogens with zero attached hydrogens (tertiary/aromatic N) is 1. The minimum absolute atomic E-state index is 0.159. The molecule has 0 aliphatic carbocycles. The van der Waals surface area contributed by atoms with E-state index in [9.17, 15) is 13.2 Å². The number of halogens is 1. The van der Waals surface area contributed by atoms with E-state index in [1.807, 2.05) is 6.07 Å². The van der Waals surface area contributed by atoms with Gasteiger partial charge >= 0.3 is 0 Å². The van der Waals surface area contributed by atoms with E-state index in [0.29, 0.717) is 5.69 Å². The molecular weight excluding hydrogens is 326 g/mol. The van der Waals surface area contributed by atoms with Gasteiger partial charge in [0.05, 0.1) is 29.1 Å². The van der Waals surface area contributed by atoms with Crippen LogP contribution < -0.4 is 10.0 Å². The molecule has 116 valence electrons. The van der Waals surface area contributed by atoms with Crippen LogP contribution in [0.25, 0.3) is 0 Å². The van der Waals surface area contributed by atoms with Crippen LogP contribution in [0, 0.1) is 0 Å². The fourth-order valence-corrected chi connectivity index (χ4v) is 2.57. The molecule has 2 aromatic rings. The zero-order chi connectivity index (χ0) is 16.2. The molecule has 6 nitrogen and oxygen atoms in total. The molecule has 0 atom stereocenters. The Hall–Kier alpha value is -2.12. The molecule has 0 spiro atoms. The first-order chi connectivity index (χ1) is 10.3. The number of sulfonamides is 1. The molecule has 0 fully saturated rings. The average Bonchev–Trinajstić information content (AvgIpc) is 2.44. The van der Waals surface area contributed by atoms with Crippen molar-refractivity contribution in [2.24, 2.45) is 0 Å². The maximum Gasteiger partial charge on any atom is 0.253 e. The number of hydrogen-bond acceptors (Lipinski definition) is 4. The van der Waals surface area contributed by atoms with E-state index in [1.54, 1.807) is 18.3 Å². The summed E-state index contributed by atoms with van der Waals surface area (Å²) in [6, 6.07) is 9.73. The fraction of sp³-hybridized carbons (Fsp3) is 0.143. The number of amides is 1. The summed E-state index contributed by atoms with van der Waals surface area (Å²) in [4.78, 5) is 16.2. The summed E-state index contributed by atoms with van der Waals surface area (Å²) in [5, 5.41) is 2.86. The summed E-state index contributed by atoms with van der Waals surface area (Å²) in [5.74, 6) is -0.360. The SMILES string of the molecule is CS(=O)(=O)Nc1ccc(C(=O)NCc2ccccn2)c(Cl)c1. The minimum atomic E-state index is -3.39. The van der Waals surface area contributed by atoms with Crippen LogP contribution in [-0.2, 0) is 16.6 Å². The lowest BCUT2D eigenvalue weighted by molar-refractivity contribution is 0.0950. The second-order valence-electron chi connectivity index (χ2n) is 4.57.